The van der Waals surface area contributed by atoms with Crippen molar-refractivity contribution in [2.45, 2.75) is 13.8 Å². The highest BCUT2D eigenvalue weighted by Crippen LogP contribution is 2.49. The lowest BCUT2D eigenvalue weighted by molar-refractivity contribution is 0.171. The van der Waals surface area contributed by atoms with Crippen LogP contribution in [0.15, 0.2) is 0 Å². The molecule has 0 heterocycles. The van der Waals surface area contributed by atoms with Crippen molar-refractivity contribution in [1.82, 2.24) is 0 Å². The van der Waals surface area contributed by atoms with Crippen LogP contribution in [0, 0.1) is 0 Å². The van der Waals surface area contributed by atoms with Gasteiger partial charge in [0.25, 0.3) is 11.0 Å². The molecule has 0 amide bonds. The first-order valence-corrected chi connectivity index (χ1v) is 5.83. The number of rotatable bonds is 6. The lowest BCUT2D eigenvalue weighted by Crippen LogP contribution is -1.98. The second-order valence-electron chi connectivity index (χ2n) is 1.59. The summed E-state index contributed by atoms with van der Waals surface area (Å²) in [5.74, 6) is 0. The number of thiol groups is 1. The van der Waals surface area contributed by atoms with Gasteiger partial charge in [-0.05, 0) is 13.8 Å². The van der Waals surface area contributed by atoms with Crippen molar-refractivity contribution in [3.05, 3.63) is 0 Å². The molecule has 0 rings (SSSR count). The van der Waals surface area contributed by atoms with E-state index in [0.29, 0.717) is 0 Å². The van der Waals surface area contributed by atoms with Gasteiger partial charge >= 0.3 is 7.82 Å². The van der Waals surface area contributed by atoms with Crippen LogP contribution < -0.4 is 0 Å². The molecule has 0 aromatic heterocycles. The van der Waals surface area contributed by atoms with Crippen LogP contribution in [-0.2, 0) is 28.6 Å². The van der Waals surface area contributed by atoms with Crippen molar-refractivity contribution < 1.29 is 26.0 Å². The summed E-state index contributed by atoms with van der Waals surface area (Å²) in [7, 11) is -7.10. The van der Waals surface area contributed by atoms with Crippen molar-refractivity contribution >= 4 is 18.8 Å². The molecule has 0 bridgehead atoms. The van der Waals surface area contributed by atoms with Crippen LogP contribution in [0.5, 0.6) is 0 Å². The largest absolute Gasteiger partial charge is 0.489 e. The van der Waals surface area contributed by atoms with E-state index in [1.54, 1.807) is 13.8 Å². The molecule has 0 saturated heterocycles. The Morgan fingerprint density at radius 1 is 1.17 bits per heavy atom. The molecule has 0 aliphatic rings. The Balaban J connectivity index is 4.28. The summed E-state index contributed by atoms with van der Waals surface area (Å²) in [6, 6.07) is 0. The topological polar surface area (TPSA) is 78.9 Å². The zero-order valence-electron chi connectivity index (χ0n) is 6.76. The van der Waals surface area contributed by atoms with Gasteiger partial charge in [-0.3, -0.25) is 9.05 Å². The van der Waals surface area contributed by atoms with E-state index in [2.05, 4.69) is 13.0 Å². The van der Waals surface area contributed by atoms with Gasteiger partial charge in [-0.2, -0.15) is 3.97 Å². The Hall–Kier alpha value is 0.0600. The monoisotopic (exact) mass is 218 g/mol. The van der Waals surface area contributed by atoms with Gasteiger partial charge in [0.15, 0.2) is 0 Å². The number of hydrogen-bond donors (Lipinski definition) is 1. The quantitative estimate of drug-likeness (QED) is 0.522. The van der Waals surface area contributed by atoms with Crippen molar-refractivity contribution in [3.63, 3.8) is 0 Å². The zero-order valence-corrected chi connectivity index (χ0v) is 8.55. The lowest BCUT2D eigenvalue weighted by Gasteiger charge is -2.11. The standard InChI is InChI=1S/C4H11O6PS/c1-3-8-11(5,9-4-2)10-12(6)7/h12H,3-4H2,1-2H3. The van der Waals surface area contributed by atoms with Crippen molar-refractivity contribution in [3.8, 4) is 0 Å². The average molecular weight is 218 g/mol. The van der Waals surface area contributed by atoms with Crippen LogP contribution in [-0.4, -0.2) is 21.6 Å². The molecular formula is C4H11O6PS. The second-order valence-corrected chi connectivity index (χ2v) is 4.10. The molecular weight excluding hydrogens is 207 g/mol. The van der Waals surface area contributed by atoms with E-state index in [-0.39, 0.29) is 13.2 Å². The number of phosphoric ester groups is 1. The van der Waals surface area contributed by atoms with Gasteiger partial charge in [-0.15, -0.1) is 0 Å². The summed E-state index contributed by atoms with van der Waals surface area (Å²) in [6.07, 6.45) is 0. The van der Waals surface area contributed by atoms with E-state index in [1.165, 1.54) is 0 Å². The highest BCUT2D eigenvalue weighted by molar-refractivity contribution is 7.74. The van der Waals surface area contributed by atoms with Gasteiger partial charge < -0.3 is 0 Å². The Kier molecular flexibility index (Phi) is 5.69. The average Bonchev–Trinajstić information content (AvgIpc) is 1.85. The summed E-state index contributed by atoms with van der Waals surface area (Å²) in [5.41, 5.74) is 0. The predicted molar refractivity (Wildman–Crippen MR) is 42.3 cm³/mol. The van der Waals surface area contributed by atoms with Crippen LogP contribution in [0.25, 0.3) is 0 Å². The third-order valence-corrected chi connectivity index (χ3v) is 3.22. The highest BCUT2D eigenvalue weighted by Gasteiger charge is 2.26. The van der Waals surface area contributed by atoms with E-state index in [9.17, 15) is 13.0 Å². The molecule has 0 aliphatic carbocycles. The van der Waals surface area contributed by atoms with Gasteiger partial charge in [0, 0.05) is 0 Å². The lowest BCUT2D eigenvalue weighted by atomic mass is 10.9. The second kappa shape index (κ2) is 5.66. The van der Waals surface area contributed by atoms with Crippen LogP contribution >= 0.6 is 7.82 Å². The minimum absolute atomic E-state index is 0.0560. The smallest absolute Gasteiger partial charge is 0.286 e. The van der Waals surface area contributed by atoms with Crippen LogP contribution in [0.2, 0.25) is 0 Å². The molecule has 0 N–H and O–H groups in total. The fourth-order valence-electron chi connectivity index (χ4n) is 0.482. The molecule has 8 heteroatoms. The SMILES string of the molecule is CCOP(=O)(OCC)O[SH](=O)=O. The van der Waals surface area contributed by atoms with Crippen LogP contribution in [0.4, 0.5) is 0 Å². The highest BCUT2D eigenvalue weighted by atomic mass is 32.2. The fourth-order valence-corrected chi connectivity index (χ4v) is 2.22. The first-order chi connectivity index (χ1) is 5.54. The Labute approximate surface area is 72.6 Å². The molecule has 0 aliphatic heterocycles. The molecule has 0 aromatic carbocycles. The van der Waals surface area contributed by atoms with Crippen molar-refractivity contribution in [2.24, 2.45) is 0 Å². The van der Waals surface area contributed by atoms with Gasteiger partial charge in [0.2, 0.25) is 0 Å². The van der Waals surface area contributed by atoms with Gasteiger partial charge in [-0.1, -0.05) is 0 Å². The molecule has 6 nitrogen and oxygen atoms in total. The maximum Gasteiger partial charge on any atom is 0.489 e. The predicted octanol–water partition coefficient (Wildman–Crippen LogP) is 0.710. The molecule has 0 radical (unpaired) electrons. The maximum atomic E-state index is 11.2. The molecule has 0 fully saturated rings. The van der Waals surface area contributed by atoms with Crippen molar-refractivity contribution in [2.75, 3.05) is 13.2 Å². The maximum absolute atomic E-state index is 11.2. The molecule has 12 heavy (non-hydrogen) atoms. The zero-order chi connectivity index (χ0) is 9.61. The van der Waals surface area contributed by atoms with Gasteiger partial charge in [-0.25, -0.2) is 13.0 Å². The summed E-state index contributed by atoms with van der Waals surface area (Å²) < 4.78 is 44.3. The minimum atomic E-state index is -3.87. The summed E-state index contributed by atoms with van der Waals surface area (Å²) in [6.45, 7) is 3.21. The van der Waals surface area contributed by atoms with E-state index >= 15 is 0 Å². The molecule has 0 atom stereocenters. The third kappa shape index (κ3) is 4.84. The third-order valence-electron chi connectivity index (χ3n) is 0.741. The van der Waals surface area contributed by atoms with E-state index in [0.717, 1.165) is 0 Å². The van der Waals surface area contributed by atoms with E-state index in [1.807, 2.05) is 0 Å². The molecule has 0 aromatic rings. The molecule has 0 saturated carbocycles. The van der Waals surface area contributed by atoms with Gasteiger partial charge in [0.1, 0.15) is 0 Å². The Bertz CT molecular complexity index is 218. The molecule has 74 valence electrons. The van der Waals surface area contributed by atoms with Crippen LogP contribution in [0.1, 0.15) is 13.8 Å². The van der Waals surface area contributed by atoms with Gasteiger partial charge in [0.05, 0.1) is 13.2 Å². The molecule has 0 unspecified atom stereocenters. The van der Waals surface area contributed by atoms with E-state index in [4.69, 9.17) is 0 Å². The van der Waals surface area contributed by atoms with Crippen LogP contribution in [0.3, 0.4) is 0 Å². The molecule has 0 spiro atoms. The Morgan fingerprint density at radius 2 is 1.58 bits per heavy atom. The summed E-state index contributed by atoms with van der Waals surface area (Å²) in [5, 5.41) is 0. The minimum Gasteiger partial charge on any atom is -0.286 e. The van der Waals surface area contributed by atoms with Crippen molar-refractivity contribution in [1.29, 1.82) is 0 Å². The first kappa shape index (κ1) is 12.1. The van der Waals surface area contributed by atoms with E-state index < -0.39 is 18.8 Å². The number of hydrogen-bond acceptors (Lipinski definition) is 6. The first-order valence-electron chi connectivity index (χ1n) is 3.27. The summed E-state index contributed by atoms with van der Waals surface area (Å²) >= 11 is 0. The Morgan fingerprint density at radius 3 is 1.83 bits per heavy atom. The number of phosphoric acid groups is 1. The summed E-state index contributed by atoms with van der Waals surface area (Å²) in [4.78, 5) is 0. The fraction of sp³-hybridized carbons (Fsp3) is 1.00. The normalized spacial score (nSPS) is 12.2.